The Morgan fingerprint density at radius 3 is 2.84 bits per heavy atom. The molecule has 0 aliphatic heterocycles. The van der Waals surface area contributed by atoms with Crippen molar-refractivity contribution in [3.63, 3.8) is 0 Å². The van der Waals surface area contributed by atoms with E-state index in [1.807, 2.05) is 32.0 Å². The number of anilines is 1. The van der Waals surface area contributed by atoms with Gasteiger partial charge in [0.1, 0.15) is 5.75 Å². The molecule has 25 heavy (non-hydrogen) atoms. The largest absolute Gasteiger partial charge is 0.490 e. The molecule has 1 amide bonds. The highest BCUT2D eigenvalue weighted by molar-refractivity contribution is 5.92. The highest BCUT2D eigenvalue weighted by atomic mass is 16.5. The van der Waals surface area contributed by atoms with Gasteiger partial charge < -0.3 is 14.8 Å². The Labute approximate surface area is 147 Å². The lowest BCUT2D eigenvalue weighted by Gasteiger charge is -2.12. The molecule has 1 aromatic heterocycles. The predicted octanol–water partition coefficient (Wildman–Crippen LogP) is 3.40. The normalized spacial score (nSPS) is 9.96. The summed E-state index contributed by atoms with van der Waals surface area (Å²) in [6.07, 6.45) is 2.61. The molecule has 2 aromatic rings. The second kappa shape index (κ2) is 9.28. The van der Waals surface area contributed by atoms with Gasteiger partial charge in [-0.3, -0.25) is 4.79 Å². The maximum Gasteiger partial charge on any atom is 0.263 e. The second-order valence-corrected chi connectivity index (χ2v) is 5.54. The first kappa shape index (κ1) is 18.3. The Balaban J connectivity index is 1.89. The summed E-state index contributed by atoms with van der Waals surface area (Å²) in [7, 11) is 0. The van der Waals surface area contributed by atoms with E-state index in [-0.39, 0.29) is 12.5 Å². The van der Waals surface area contributed by atoms with Crippen molar-refractivity contribution >= 4 is 11.7 Å². The van der Waals surface area contributed by atoms with E-state index in [1.54, 1.807) is 18.3 Å². The van der Waals surface area contributed by atoms with Crippen molar-refractivity contribution in [2.45, 2.75) is 26.7 Å². The van der Waals surface area contributed by atoms with E-state index in [1.165, 1.54) is 5.56 Å². The minimum Gasteiger partial charge on any atom is -0.490 e. The number of nitriles is 1. The Hall–Kier alpha value is -3.07. The van der Waals surface area contributed by atoms with Crippen molar-refractivity contribution in [3.05, 3.63) is 47.7 Å². The first-order chi connectivity index (χ1) is 12.1. The van der Waals surface area contributed by atoms with Crippen molar-refractivity contribution in [2.75, 3.05) is 18.5 Å². The van der Waals surface area contributed by atoms with Gasteiger partial charge in [-0.2, -0.15) is 5.26 Å². The number of carbonyl (C=O) groups is 1. The number of nitrogens with one attached hydrogen (secondary N) is 1. The Morgan fingerprint density at radius 2 is 2.08 bits per heavy atom. The van der Waals surface area contributed by atoms with Crippen LogP contribution in [0.15, 0.2) is 36.5 Å². The molecule has 1 aromatic carbocycles. The fourth-order valence-corrected chi connectivity index (χ4v) is 2.05. The lowest BCUT2D eigenvalue weighted by molar-refractivity contribution is -0.118. The van der Waals surface area contributed by atoms with Crippen LogP contribution in [-0.4, -0.2) is 24.1 Å². The molecule has 2 rings (SSSR count). The number of aromatic nitrogens is 1. The van der Waals surface area contributed by atoms with Gasteiger partial charge in [0.2, 0.25) is 0 Å². The summed E-state index contributed by atoms with van der Waals surface area (Å²) in [4.78, 5) is 16.2. The first-order valence-corrected chi connectivity index (χ1v) is 8.05. The Kier molecular flexibility index (Phi) is 6.78. The smallest absolute Gasteiger partial charge is 0.263 e. The van der Waals surface area contributed by atoms with E-state index in [4.69, 9.17) is 14.7 Å². The molecule has 0 aliphatic rings. The summed E-state index contributed by atoms with van der Waals surface area (Å²) < 4.78 is 11.1. The zero-order valence-electron chi connectivity index (χ0n) is 14.4. The van der Waals surface area contributed by atoms with Crippen LogP contribution in [0.2, 0.25) is 0 Å². The van der Waals surface area contributed by atoms with Crippen LogP contribution >= 0.6 is 0 Å². The van der Waals surface area contributed by atoms with Crippen LogP contribution in [0.5, 0.6) is 11.5 Å². The van der Waals surface area contributed by atoms with Gasteiger partial charge in [-0.15, -0.1) is 0 Å². The maximum absolute atomic E-state index is 12.1. The number of ether oxygens (including phenoxy) is 2. The number of rotatable bonds is 8. The molecule has 0 radical (unpaired) electrons. The number of benzene rings is 1. The molecule has 6 heteroatoms. The summed E-state index contributed by atoms with van der Waals surface area (Å²) in [5, 5.41) is 11.2. The molecule has 0 fully saturated rings. The van der Waals surface area contributed by atoms with Crippen molar-refractivity contribution in [3.8, 4) is 17.6 Å². The van der Waals surface area contributed by atoms with Gasteiger partial charge in [-0.1, -0.05) is 6.07 Å². The molecule has 0 saturated heterocycles. The number of hydrogen-bond acceptors (Lipinski definition) is 5. The molecule has 1 N–H and O–H groups in total. The van der Waals surface area contributed by atoms with E-state index in [0.717, 1.165) is 5.56 Å². The summed E-state index contributed by atoms with van der Waals surface area (Å²) in [5.74, 6) is 1.14. The van der Waals surface area contributed by atoms with Crippen LogP contribution in [0.1, 0.15) is 24.0 Å². The minimum atomic E-state index is -0.321. The standard InChI is InChI=1S/C19H21N3O3/c1-14-7-8-16(12-15(14)2)25-13-18(23)22-19-17(6-5-10-21-19)24-11-4-3-9-20/h5-8,10,12H,3-4,11,13H2,1-2H3,(H,21,22,23). The number of unbranched alkanes of at least 4 members (excludes halogenated alkanes) is 1. The second-order valence-electron chi connectivity index (χ2n) is 5.54. The lowest BCUT2D eigenvalue weighted by Crippen LogP contribution is -2.21. The van der Waals surface area contributed by atoms with Crippen LogP contribution in [0.25, 0.3) is 0 Å². The van der Waals surface area contributed by atoms with E-state index >= 15 is 0 Å². The molecule has 1 heterocycles. The van der Waals surface area contributed by atoms with Gasteiger partial charge in [0.15, 0.2) is 18.2 Å². The SMILES string of the molecule is Cc1ccc(OCC(=O)Nc2ncccc2OCCCC#N)cc1C. The number of aryl methyl sites for hydroxylation is 2. The molecule has 6 nitrogen and oxygen atoms in total. The van der Waals surface area contributed by atoms with Crippen molar-refractivity contribution in [2.24, 2.45) is 0 Å². The number of nitrogens with zero attached hydrogens (tertiary/aromatic N) is 2. The first-order valence-electron chi connectivity index (χ1n) is 8.05. The number of hydrogen-bond donors (Lipinski definition) is 1. The third-order valence-corrected chi connectivity index (χ3v) is 3.57. The predicted molar refractivity (Wildman–Crippen MR) is 94.6 cm³/mol. The molecule has 0 aliphatic carbocycles. The molecule has 0 spiro atoms. The molecule has 0 bridgehead atoms. The van der Waals surface area contributed by atoms with Gasteiger partial charge in [-0.05, 0) is 55.7 Å². The summed E-state index contributed by atoms with van der Waals surface area (Å²) in [6, 6.07) is 11.2. The summed E-state index contributed by atoms with van der Waals surface area (Å²) >= 11 is 0. The van der Waals surface area contributed by atoms with E-state index < -0.39 is 0 Å². The minimum absolute atomic E-state index is 0.118. The van der Waals surface area contributed by atoms with E-state index in [0.29, 0.717) is 36.8 Å². The average molecular weight is 339 g/mol. The van der Waals surface area contributed by atoms with Gasteiger partial charge in [-0.25, -0.2) is 4.98 Å². The van der Waals surface area contributed by atoms with E-state index in [9.17, 15) is 4.79 Å². The van der Waals surface area contributed by atoms with Crippen molar-refractivity contribution < 1.29 is 14.3 Å². The van der Waals surface area contributed by atoms with E-state index in [2.05, 4.69) is 16.4 Å². The third-order valence-electron chi connectivity index (χ3n) is 3.57. The van der Waals surface area contributed by atoms with Gasteiger partial charge in [0.25, 0.3) is 5.91 Å². The molecular weight excluding hydrogens is 318 g/mol. The van der Waals surface area contributed by atoms with Gasteiger partial charge >= 0.3 is 0 Å². The number of carbonyl (C=O) groups excluding carboxylic acids is 1. The van der Waals surface area contributed by atoms with Crippen LogP contribution < -0.4 is 14.8 Å². The highest BCUT2D eigenvalue weighted by Gasteiger charge is 2.10. The average Bonchev–Trinajstić information content (AvgIpc) is 2.61. The fraction of sp³-hybridized carbons (Fsp3) is 0.316. The molecular formula is C19H21N3O3. The zero-order chi connectivity index (χ0) is 18.1. The third kappa shape index (κ3) is 5.81. The topological polar surface area (TPSA) is 84.2 Å². The Bertz CT molecular complexity index is 769. The van der Waals surface area contributed by atoms with Crippen LogP contribution in [0.4, 0.5) is 5.82 Å². The summed E-state index contributed by atoms with van der Waals surface area (Å²) in [6.45, 7) is 4.28. The van der Waals surface area contributed by atoms with Gasteiger partial charge in [0.05, 0.1) is 12.7 Å². The quantitative estimate of drug-likeness (QED) is 0.745. The van der Waals surface area contributed by atoms with Crippen LogP contribution in [0, 0.1) is 25.2 Å². The van der Waals surface area contributed by atoms with Crippen LogP contribution in [0.3, 0.4) is 0 Å². The van der Waals surface area contributed by atoms with Gasteiger partial charge in [0, 0.05) is 12.6 Å². The molecule has 0 atom stereocenters. The zero-order valence-corrected chi connectivity index (χ0v) is 14.4. The maximum atomic E-state index is 12.1. The molecule has 0 unspecified atom stereocenters. The molecule has 0 saturated carbocycles. The number of amides is 1. The lowest BCUT2D eigenvalue weighted by atomic mass is 10.1. The Morgan fingerprint density at radius 1 is 1.24 bits per heavy atom. The van der Waals surface area contributed by atoms with Crippen molar-refractivity contribution in [1.82, 2.24) is 4.98 Å². The fourth-order valence-electron chi connectivity index (χ4n) is 2.05. The van der Waals surface area contributed by atoms with Crippen molar-refractivity contribution in [1.29, 1.82) is 5.26 Å². The molecule has 130 valence electrons. The van der Waals surface area contributed by atoms with Crippen LogP contribution in [-0.2, 0) is 4.79 Å². The highest BCUT2D eigenvalue weighted by Crippen LogP contribution is 2.21. The summed E-state index contributed by atoms with van der Waals surface area (Å²) in [5.41, 5.74) is 2.28. The number of pyridine rings is 1. The monoisotopic (exact) mass is 339 g/mol.